The Balaban J connectivity index is 0. The molecule has 0 aromatic heterocycles. The number of hydrogen-bond donors (Lipinski definition) is 0. The van der Waals surface area contributed by atoms with Gasteiger partial charge in [-0.05, 0) is 83.2 Å². The van der Waals surface area contributed by atoms with Crippen molar-refractivity contribution in [3.63, 3.8) is 0 Å². The first-order valence-corrected chi connectivity index (χ1v) is 25.8. The van der Waals surface area contributed by atoms with E-state index < -0.39 is 52.7 Å². The van der Waals surface area contributed by atoms with Gasteiger partial charge in [0.05, 0.1) is 32.3 Å². The number of halogens is 2. The predicted molar refractivity (Wildman–Crippen MR) is 169 cm³/mol. The van der Waals surface area contributed by atoms with E-state index in [1.54, 1.807) is 0 Å². The molecule has 0 bridgehead atoms. The molecular weight excluding hydrogens is 623 g/mol. The van der Waals surface area contributed by atoms with Crippen LogP contribution in [0.3, 0.4) is 0 Å². The lowest BCUT2D eigenvalue weighted by molar-refractivity contribution is 0.0827. The van der Waals surface area contributed by atoms with E-state index in [9.17, 15) is 14.0 Å². The minimum absolute atomic E-state index is 0. The summed E-state index contributed by atoms with van der Waals surface area (Å²) in [6, 6.07) is 2.49. The summed E-state index contributed by atoms with van der Waals surface area (Å²) in [6.07, 6.45) is 4.41. The van der Waals surface area contributed by atoms with Crippen LogP contribution in [0.1, 0.15) is 32.1 Å². The maximum absolute atomic E-state index is 12.5. The average molecular weight is 677 g/mol. The van der Waals surface area contributed by atoms with Gasteiger partial charge in [-0.3, -0.25) is 4.70 Å². The normalized spacial score (nSPS) is 13.3. The van der Waals surface area contributed by atoms with Gasteiger partial charge < -0.3 is 36.0 Å². The number of rotatable bonds is 24. The molecule has 0 radical (unpaired) electrons. The van der Waals surface area contributed by atoms with Crippen LogP contribution in [0.2, 0.25) is 64.0 Å². The molecule has 0 aromatic carbocycles. The molecule has 0 aliphatic carbocycles. The maximum atomic E-state index is 12.5. The zero-order valence-corrected chi connectivity index (χ0v) is 30.6. The Labute approximate surface area is 255 Å². The highest BCUT2D eigenvalue weighted by Gasteiger charge is 2.45. The van der Waals surface area contributed by atoms with E-state index in [-0.39, 0.29) is 24.5 Å². The fourth-order valence-corrected chi connectivity index (χ4v) is 24.4. The lowest BCUT2D eigenvalue weighted by Gasteiger charge is -2.42. The molecule has 0 fully saturated rings. The van der Waals surface area contributed by atoms with Gasteiger partial charge in [-0.25, -0.2) is 14.0 Å². The Morgan fingerprint density at radius 1 is 0.643 bits per heavy atom. The molecule has 16 heteroatoms. The molecule has 248 valence electrons. The molecule has 0 aliphatic heterocycles. The second-order valence-electron chi connectivity index (χ2n) is 11.4. The standard InChI is InChI=1S/C26H53FO10Si4.FH/c1-10-31-25(28)33-19-12-14-22-38(3,4)35-40(7,8)37-41(9,24-16-18-30-21-17-27)36-39(5,6)23-15-13-20-34-26(29)32-11-2;/h10-11H,1-2,12-24H2,3-9H3;1H. The van der Waals surface area contributed by atoms with Crippen LogP contribution in [-0.4, -0.2) is 79.2 Å². The lowest BCUT2D eigenvalue weighted by atomic mass is 10.4. The van der Waals surface area contributed by atoms with Crippen LogP contribution >= 0.6 is 0 Å². The summed E-state index contributed by atoms with van der Waals surface area (Å²) >= 11 is 0. The average Bonchev–Trinajstić information content (AvgIpc) is 2.82. The van der Waals surface area contributed by atoms with Gasteiger partial charge in [0.25, 0.3) is 0 Å². The molecule has 42 heavy (non-hydrogen) atoms. The molecule has 0 amide bonds. The molecule has 1 unspecified atom stereocenters. The van der Waals surface area contributed by atoms with E-state index in [4.69, 9.17) is 26.6 Å². The van der Waals surface area contributed by atoms with Crippen molar-refractivity contribution in [1.29, 1.82) is 0 Å². The van der Waals surface area contributed by atoms with Crippen LogP contribution < -0.4 is 0 Å². The largest absolute Gasteiger partial charge is 0.513 e. The summed E-state index contributed by atoms with van der Waals surface area (Å²) in [5.41, 5.74) is 0. The zero-order chi connectivity index (χ0) is 31.4. The highest BCUT2D eigenvalue weighted by molar-refractivity contribution is 6.89. The van der Waals surface area contributed by atoms with Crippen LogP contribution in [0.5, 0.6) is 0 Å². The van der Waals surface area contributed by atoms with Crippen molar-refractivity contribution in [2.75, 3.05) is 33.1 Å². The van der Waals surface area contributed by atoms with Crippen molar-refractivity contribution >= 4 is 46.1 Å². The van der Waals surface area contributed by atoms with Gasteiger partial charge in [-0.2, -0.15) is 0 Å². The minimum Gasteiger partial charge on any atom is -0.436 e. The van der Waals surface area contributed by atoms with Crippen molar-refractivity contribution in [1.82, 2.24) is 0 Å². The van der Waals surface area contributed by atoms with Crippen LogP contribution in [0.4, 0.5) is 18.7 Å². The molecule has 0 aromatic rings. The summed E-state index contributed by atoms with van der Waals surface area (Å²) in [5.74, 6) is 0. The number of unbranched alkanes of at least 4 members (excludes halogenated alkanes) is 2. The number of alkyl halides is 1. The molecule has 0 saturated carbocycles. The van der Waals surface area contributed by atoms with Crippen molar-refractivity contribution in [3.8, 4) is 0 Å². The van der Waals surface area contributed by atoms with Crippen molar-refractivity contribution < 1.29 is 54.7 Å². The Hall–Kier alpha value is -1.41. The first-order chi connectivity index (χ1) is 19.1. The van der Waals surface area contributed by atoms with Gasteiger partial charge in [0.15, 0.2) is 16.6 Å². The van der Waals surface area contributed by atoms with Crippen molar-refractivity contribution in [2.45, 2.75) is 96.1 Å². The summed E-state index contributed by atoms with van der Waals surface area (Å²) in [5, 5.41) is 0. The third kappa shape index (κ3) is 23.1. The van der Waals surface area contributed by atoms with Gasteiger partial charge in [-0.1, -0.05) is 26.0 Å². The van der Waals surface area contributed by atoms with Gasteiger partial charge in [0.2, 0.25) is 0 Å². The van der Waals surface area contributed by atoms with Gasteiger partial charge >= 0.3 is 29.4 Å². The molecule has 0 N–H and O–H groups in total. The Morgan fingerprint density at radius 2 is 1.12 bits per heavy atom. The SMILES string of the molecule is C=COC(=O)OCCCC[Si](C)(C)O[Si](C)(C)O[Si](C)(CCCOCCF)O[Si](C)(C)CCCCOC(=O)OC=C.F. The van der Waals surface area contributed by atoms with Crippen LogP contribution in [-0.2, 0) is 36.0 Å². The minimum atomic E-state index is -2.69. The quantitative estimate of drug-likeness (QED) is 0.0433. The summed E-state index contributed by atoms with van der Waals surface area (Å²) in [4.78, 5) is 22.6. The summed E-state index contributed by atoms with van der Waals surface area (Å²) in [6.45, 7) is 22.2. The van der Waals surface area contributed by atoms with E-state index in [1.165, 1.54) is 0 Å². The Bertz CT molecular complexity index is 790. The highest BCUT2D eigenvalue weighted by atomic mass is 28.5. The highest BCUT2D eigenvalue weighted by Crippen LogP contribution is 2.31. The molecule has 0 saturated heterocycles. The predicted octanol–water partition coefficient (Wildman–Crippen LogP) is 7.90. The first-order valence-electron chi connectivity index (χ1n) is 14.2. The van der Waals surface area contributed by atoms with E-state index >= 15 is 0 Å². The molecular formula is C26H54F2O10Si4. The van der Waals surface area contributed by atoms with E-state index in [2.05, 4.69) is 68.5 Å². The van der Waals surface area contributed by atoms with Gasteiger partial charge in [0, 0.05) is 6.61 Å². The van der Waals surface area contributed by atoms with E-state index in [0.29, 0.717) is 31.9 Å². The topological polar surface area (TPSA) is 108 Å². The van der Waals surface area contributed by atoms with E-state index in [1.807, 2.05) is 0 Å². The molecule has 10 nitrogen and oxygen atoms in total. The number of hydrogen-bond acceptors (Lipinski definition) is 10. The molecule has 0 heterocycles. The summed E-state index contributed by atoms with van der Waals surface area (Å²) in [7, 11) is -9.50. The third-order valence-corrected chi connectivity index (χ3v) is 21.9. The second-order valence-corrected chi connectivity index (χ2v) is 27.5. The first kappa shape index (κ1) is 42.7. The van der Waals surface area contributed by atoms with Gasteiger partial charge in [0.1, 0.15) is 6.67 Å². The number of ether oxygens (including phenoxy) is 5. The molecule has 0 rings (SSSR count). The van der Waals surface area contributed by atoms with Crippen LogP contribution in [0.25, 0.3) is 0 Å². The molecule has 0 aliphatic rings. The third-order valence-electron chi connectivity index (χ3n) is 5.76. The number of carbonyl (C=O) groups excluding carboxylic acids is 2. The number of carbonyl (C=O) groups is 2. The van der Waals surface area contributed by atoms with Crippen LogP contribution in [0, 0.1) is 0 Å². The fourth-order valence-electron chi connectivity index (χ4n) is 4.49. The fraction of sp³-hybridized carbons (Fsp3) is 0.769. The second kappa shape index (κ2) is 22.1. The van der Waals surface area contributed by atoms with Gasteiger partial charge in [-0.15, -0.1) is 0 Å². The van der Waals surface area contributed by atoms with E-state index in [0.717, 1.165) is 37.5 Å². The Morgan fingerprint density at radius 3 is 1.57 bits per heavy atom. The van der Waals surface area contributed by atoms with Crippen molar-refractivity contribution in [3.05, 3.63) is 25.7 Å². The monoisotopic (exact) mass is 676 g/mol. The molecule has 1 atom stereocenters. The molecule has 0 spiro atoms. The van der Waals surface area contributed by atoms with Crippen molar-refractivity contribution in [2.24, 2.45) is 0 Å². The Kier molecular flexibility index (Phi) is 22.5. The lowest BCUT2D eigenvalue weighted by Crippen LogP contribution is -2.57. The summed E-state index contributed by atoms with van der Waals surface area (Å²) < 4.78 is 57.4. The zero-order valence-electron chi connectivity index (χ0n) is 26.6. The smallest absolute Gasteiger partial charge is 0.436 e. The maximum Gasteiger partial charge on any atom is 0.513 e. The van der Waals surface area contributed by atoms with Crippen LogP contribution in [0.15, 0.2) is 25.7 Å².